The maximum atomic E-state index is 12.2. The Hall–Kier alpha value is -2.90. The molecule has 28 heavy (non-hydrogen) atoms. The molecule has 1 aliphatic carbocycles. The Balaban J connectivity index is 1.74. The highest BCUT2D eigenvalue weighted by Crippen LogP contribution is 2.23. The Bertz CT molecular complexity index is 711. The number of rotatable bonds is 7. The number of carbonyl (C=O) groups is 4. The van der Waals surface area contributed by atoms with Crippen molar-refractivity contribution < 1.29 is 23.9 Å². The molecular formula is C20H27N3O5. The quantitative estimate of drug-likeness (QED) is 0.619. The number of amides is 3. The van der Waals surface area contributed by atoms with E-state index in [2.05, 4.69) is 16.0 Å². The van der Waals surface area contributed by atoms with Crippen molar-refractivity contribution in [3.8, 4) is 0 Å². The van der Waals surface area contributed by atoms with Gasteiger partial charge in [0, 0.05) is 24.2 Å². The first kappa shape index (κ1) is 21.4. The molecule has 1 fully saturated rings. The number of benzene rings is 1. The molecule has 3 amide bonds. The van der Waals surface area contributed by atoms with Gasteiger partial charge in [-0.2, -0.15) is 0 Å². The number of carbonyl (C=O) groups excluding carboxylic acids is 4. The fraction of sp³-hybridized carbons (Fsp3) is 0.500. The highest BCUT2D eigenvalue weighted by atomic mass is 16.5. The SMILES string of the molecule is CC(=O)Nc1ccc(NC(=O)[C@@H](C)OC(=O)CNC(=O)C2CCCCC2)cc1. The Kier molecular flexibility index (Phi) is 7.98. The van der Waals surface area contributed by atoms with Gasteiger partial charge in [0.2, 0.25) is 11.8 Å². The van der Waals surface area contributed by atoms with Crippen LogP contribution in [0.15, 0.2) is 24.3 Å². The lowest BCUT2D eigenvalue weighted by Gasteiger charge is -2.20. The van der Waals surface area contributed by atoms with Gasteiger partial charge in [-0.05, 0) is 44.0 Å². The third-order valence-corrected chi connectivity index (χ3v) is 4.53. The van der Waals surface area contributed by atoms with Gasteiger partial charge >= 0.3 is 5.97 Å². The maximum absolute atomic E-state index is 12.2. The minimum atomic E-state index is -1.01. The predicted molar refractivity (Wildman–Crippen MR) is 105 cm³/mol. The van der Waals surface area contributed by atoms with E-state index in [0.29, 0.717) is 11.4 Å². The number of nitrogens with one attached hydrogen (secondary N) is 3. The molecule has 1 aromatic carbocycles. The zero-order valence-corrected chi connectivity index (χ0v) is 16.2. The molecule has 2 rings (SSSR count). The topological polar surface area (TPSA) is 114 Å². The highest BCUT2D eigenvalue weighted by Gasteiger charge is 2.23. The van der Waals surface area contributed by atoms with Gasteiger partial charge in [-0.1, -0.05) is 19.3 Å². The van der Waals surface area contributed by atoms with Crippen molar-refractivity contribution in [3.05, 3.63) is 24.3 Å². The molecule has 0 aromatic heterocycles. The molecular weight excluding hydrogens is 362 g/mol. The Morgan fingerprint density at radius 2 is 1.57 bits per heavy atom. The van der Waals surface area contributed by atoms with Crippen LogP contribution in [-0.2, 0) is 23.9 Å². The molecule has 0 heterocycles. The van der Waals surface area contributed by atoms with Crippen molar-refractivity contribution in [1.29, 1.82) is 0 Å². The smallest absolute Gasteiger partial charge is 0.326 e. The molecule has 1 aliphatic rings. The van der Waals surface area contributed by atoms with Gasteiger partial charge in [0.15, 0.2) is 6.10 Å². The molecule has 0 spiro atoms. The summed E-state index contributed by atoms with van der Waals surface area (Å²) in [5, 5.41) is 7.84. The van der Waals surface area contributed by atoms with Crippen LogP contribution in [0.4, 0.5) is 11.4 Å². The first-order valence-corrected chi connectivity index (χ1v) is 9.51. The van der Waals surface area contributed by atoms with Crippen LogP contribution in [0.3, 0.4) is 0 Å². The Morgan fingerprint density at radius 1 is 1.00 bits per heavy atom. The third-order valence-electron chi connectivity index (χ3n) is 4.53. The number of ether oxygens (including phenoxy) is 1. The summed E-state index contributed by atoms with van der Waals surface area (Å²) < 4.78 is 5.08. The second-order valence-electron chi connectivity index (χ2n) is 6.93. The molecule has 8 nitrogen and oxygen atoms in total. The molecule has 0 bridgehead atoms. The fourth-order valence-electron chi connectivity index (χ4n) is 3.04. The van der Waals surface area contributed by atoms with Gasteiger partial charge in [-0.15, -0.1) is 0 Å². The lowest BCUT2D eigenvalue weighted by Crippen LogP contribution is -2.38. The van der Waals surface area contributed by atoms with Crippen LogP contribution in [-0.4, -0.2) is 36.3 Å². The van der Waals surface area contributed by atoms with Gasteiger partial charge < -0.3 is 20.7 Å². The van der Waals surface area contributed by atoms with Crippen LogP contribution >= 0.6 is 0 Å². The Labute approximate surface area is 164 Å². The minimum absolute atomic E-state index is 0.0391. The second-order valence-corrected chi connectivity index (χ2v) is 6.93. The monoisotopic (exact) mass is 389 g/mol. The number of hydrogen-bond donors (Lipinski definition) is 3. The van der Waals surface area contributed by atoms with Gasteiger partial charge in [-0.25, -0.2) is 0 Å². The summed E-state index contributed by atoms with van der Waals surface area (Å²) in [6.07, 6.45) is 3.90. The molecule has 0 radical (unpaired) electrons. The summed E-state index contributed by atoms with van der Waals surface area (Å²) in [4.78, 5) is 47.1. The van der Waals surface area contributed by atoms with Crippen LogP contribution in [0.5, 0.6) is 0 Å². The number of esters is 1. The number of hydrogen-bond acceptors (Lipinski definition) is 5. The normalized spacial score (nSPS) is 15.2. The van der Waals surface area contributed by atoms with Gasteiger partial charge in [-0.3, -0.25) is 19.2 Å². The average molecular weight is 389 g/mol. The third kappa shape index (κ3) is 7.02. The summed E-state index contributed by atoms with van der Waals surface area (Å²) in [7, 11) is 0. The van der Waals surface area contributed by atoms with Gasteiger partial charge in [0.1, 0.15) is 6.54 Å². The van der Waals surface area contributed by atoms with Crippen LogP contribution in [0.2, 0.25) is 0 Å². The van der Waals surface area contributed by atoms with E-state index < -0.39 is 18.0 Å². The Morgan fingerprint density at radius 3 is 2.14 bits per heavy atom. The highest BCUT2D eigenvalue weighted by molar-refractivity contribution is 5.96. The molecule has 1 atom stereocenters. The zero-order chi connectivity index (χ0) is 20.5. The van der Waals surface area contributed by atoms with Crippen LogP contribution in [0.25, 0.3) is 0 Å². The molecule has 152 valence electrons. The number of anilines is 2. The standard InChI is InChI=1S/C20H27N3O5/c1-13(19(26)23-17-10-8-16(9-11-17)22-14(2)24)28-18(25)12-21-20(27)15-6-4-3-5-7-15/h8-11,13,15H,3-7,12H2,1-2H3,(H,21,27)(H,22,24)(H,23,26)/t13-/m1/s1. The van der Waals surface area contributed by atoms with Crippen LogP contribution < -0.4 is 16.0 Å². The lowest BCUT2D eigenvalue weighted by molar-refractivity contribution is -0.153. The van der Waals surface area contributed by atoms with E-state index in [4.69, 9.17) is 4.74 Å². The molecule has 8 heteroatoms. The summed E-state index contributed by atoms with van der Waals surface area (Å²) in [5.41, 5.74) is 1.12. The second kappa shape index (κ2) is 10.4. The van der Waals surface area contributed by atoms with E-state index in [1.165, 1.54) is 13.8 Å². The molecule has 0 aliphatic heterocycles. The van der Waals surface area contributed by atoms with Gasteiger partial charge in [0.05, 0.1) is 0 Å². The van der Waals surface area contributed by atoms with Crippen molar-refractivity contribution in [2.24, 2.45) is 5.92 Å². The molecule has 0 unspecified atom stereocenters. The van der Waals surface area contributed by atoms with E-state index in [1.807, 2.05) is 0 Å². The summed E-state index contributed by atoms with van der Waals surface area (Å²) in [6, 6.07) is 6.55. The van der Waals surface area contributed by atoms with Crippen molar-refractivity contribution in [3.63, 3.8) is 0 Å². The van der Waals surface area contributed by atoms with Crippen LogP contribution in [0.1, 0.15) is 46.0 Å². The first-order valence-electron chi connectivity index (χ1n) is 9.51. The van der Waals surface area contributed by atoms with Crippen molar-refractivity contribution in [2.75, 3.05) is 17.2 Å². The fourth-order valence-corrected chi connectivity index (χ4v) is 3.04. The zero-order valence-electron chi connectivity index (χ0n) is 16.2. The van der Waals surface area contributed by atoms with E-state index in [-0.39, 0.29) is 24.3 Å². The molecule has 1 saturated carbocycles. The average Bonchev–Trinajstić information content (AvgIpc) is 2.67. The first-order chi connectivity index (χ1) is 13.3. The molecule has 3 N–H and O–H groups in total. The summed E-state index contributed by atoms with van der Waals surface area (Å²) in [5.74, 6) is -1.50. The minimum Gasteiger partial charge on any atom is -0.451 e. The summed E-state index contributed by atoms with van der Waals surface area (Å²) >= 11 is 0. The largest absolute Gasteiger partial charge is 0.451 e. The van der Waals surface area contributed by atoms with Crippen molar-refractivity contribution in [1.82, 2.24) is 5.32 Å². The van der Waals surface area contributed by atoms with Crippen molar-refractivity contribution >= 4 is 35.1 Å². The van der Waals surface area contributed by atoms with Crippen molar-refractivity contribution in [2.45, 2.75) is 52.1 Å². The summed E-state index contributed by atoms with van der Waals surface area (Å²) in [6.45, 7) is 2.61. The predicted octanol–water partition coefficient (Wildman–Crippen LogP) is 2.21. The molecule has 1 aromatic rings. The van der Waals surface area contributed by atoms with Crippen LogP contribution in [0, 0.1) is 5.92 Å². The maximum Gasteiger partial charge on any atom is 0.326 e. The van der Waals surface area contributed by atoms with E-state index in [0.717, 1.165) is 32.1 Å². The van der Waals surface area contributed by atoms with E-state index in [9.17, 15) is 19.2 Å². The van der Waals surface area contributed by atoms with Gasteiger partial charge in [0.25, 0.3) is 5.91 Å². The molecule has 0 saturated heterocycles. The van der Waals surface area contributed by atoms with E-state index in [1.54, 1.807) is 24.3 Å². The van der Waals surface area contributed by atoms with E-state index >= 15 is 0 Å². The lowest BCUT2D eigenvalue weighted by atomic mass is 9.89.